The number of nitrogens with two attached hydrogens (primary N) is 1. The maximum atomic E-state index is 11.2. The number of hydrogen-bond acceptors (Lipinski definition) is 7. The Kier molecular flexibility index (Phi) is 3.26. The summed E-state index contributed by atoms with van der Waals surface area (Å²) in [4.78, 5) is 18.1. The van der Waals surface area contributed by atoms with Gasteiger partial charge in [-0.2, -0.15) is 9.61 Å². The van der Waals surface area contributed by atoms with Crippen LogP contribution in [-0.4, -0.2) is 40.9 Å². The van der Waals surface area contributed by atoms with Gasteiger partial charge in [0.2, 0.25) is 5.91 Å². The van der Waals surface area contributed by atoms with Crippen LogP contribution >= 0.6 is 23.1 Å². The molecule has 0 unspecified atom stereocenters. The number of thiophene rings is 1. The van der Waals surface area contributed by atoms with Crippen molar-refractivity contribution in [2.75, 3.05) is 5.75 Å². The van der Waals surface area contributed by atoms with Gasteiger partial charge in [-0.3, -0.25) is 4.79 Å². The number of aromatic nitrogens is 6. The topological polar surface area (TPSA) is 103 Å². The van der Waals surface area contributed by atoms with Crippen LogP contribution in [0.4, 0.5) is 0 Å². The zero-order valence-corrected chi connectivity index (χ0v) is 15.1. The van der Waals surface area contributed by atoms with Crippen LogP contribution in [0, 0.1) is 5.92 Å². The van der Waals surface area contributed by atoms with Gasteiger partial charge in [0.15, 0.2) is 10.8 Å². The van der Waals surface area contributed by atoms with E-state index in [9.17, 15) is 4.79 Å². The summed E-state index contributed by atoms with van der Waals surface area (Å²) in [5, 5.41) is 14.7. The molecule has 0 bridgehead atoms. The summed E-state index contributed by atoms with van der Waals surface area (Å²) in [6.45, 7) is 2.29. The highest BCUT2D eigenvalue weighted by Crippen LogP contribution is 2.40. The van der Waals surface area contributed by atoms with E-state index in [1.165, 1.54) is 28.6 Å². The van der Waals surface area contributed by atoms with Crippen LogP contribution < -0.4 is 5.73 Å². The number of primary amides is 1. The summed E-state index contributed by atoms with van der Waals surface area (Å²) in [5.74, 6) is 1.09. The maximum absolute atomic E-state index is 11.2. The Labute approximate surface area is 150 Å². The van der Waals surface area contributed by atoms with Gasteiger partial charge in [0, 0.05) is 4.88 Å². The molecule has 10 heteroatoms. The van der Waals surface area contributed by atoms with Crippen LogP contribution in [0.5, 0.6) is 0 Å². The van der Waals surface area contributed by atoms with Crippen LogP contribution in [-0.2, 0) is 17.6 Å². The van der Waals surface area contributed by atoms with Gasteiger partial charge in [-0.15, -0.1) is 21.5 Å². The third-order valence-corrected chi connectivity index (χ3v) is 6.81. The lowest BCUT2D eigenvalue weighted by Gasteiger charge is -2.17. The molecule has 0 radical (unpaired) electrons. The standard InChI is InChI=1S/C15H15N7OS2/c1-7-2-3-8-9(4-7)25-13-11(8)12-17-6-18-22(12)14-19-20-15(21(13)14)24-5-10(16)23/h6-7H,2-5H2,1H3,(H2,16,23)/t7-/m0/s1. The van der Waals surface area contributed by atoms with Crippen molar-refractivity contribution in [2.24, 2.45) is 11.7 Å². The lowest BCUT2D eigenvalue weighted by Crippen LogP contribution is -2.13. The second kappa shape index (κ2) is 5.40. The third kappa shape index (κ3) is 2.17. The minimum absolute atomic E-state index is 0.166. The van der Waals surface area contributed by atoms with Crippen LogP contribution in [0.2, 0.25) is 0 Å². The minimum Gasteiger partial charge on any atom is -0.369 e. The van der Waals surface area contributed by atoms with Crippen molar-refractivity contribution in [3.8, 4) is 0 Å². The Morgan fingerprint density at radius 2 is 2.36 bits per heavy atom. The van der Waals surface area contributed by atoms with Crippen molar-refractivity contribution in [1.29, 1.82) is 0 Å². The first kappa shape index (κ1) is 15.1. The fourth-order valence-corrected chi connectivity index (χ4v) is 5.72. The van der Waals surface area contributed by atoms with Crippen molar-refractivity contribution < 1.29 is 4.79 Å². The van der Waals surface area contributed by atoms with Gasteiger partial charge in [-0.25, -0.2) is 9.38 Å². The van der Waals surface area contributed by atoms with Crippen LogP contribution in [0.1, 0.15) is 23.8 Å². The molecule has 0 saturated heterocycles. The molecule has 0 aromatic carbocycles. The number of hydrogen-bond donors (Lipinski definition) is 1. The van der Waals surface area contributed by atoms with Gasteiger partial charge in [0.1, 0.15) is 11.2 Å². The number of carbonyl (C=O) groups excluding carboxylic acids is 1. The van der Waals surface area contributed by atoms with Crippen molar-refractivity contribution in [3.63, 3.8) is 0 Å². The molecule has 5 rings (SSSR count). The van der Waals surface area contributed by atoms with Gasteiger partial charge in [0.05, 0.1) is 11.1 Å². The monoisotopic (exact) mass is 373 g/mol. The molecule has 0 saturated carbocycles. The molecular weight excluding hydrogens is 358 g/mol. The highest BCUT2D eigenvalue weighted by molar-refractivity contribution is 7.99. The van der Waals surface area contributed by atoms with E-state index >= 15 is 0 Å². The lowest BCUT2D eigenvalue weighted by atomic mass is 9.89. The predicted molar refractivity (Wildman–Crippen MR) is 96.0 cm³/mol. The summed E-state index contributed by atoms with van der Waals surface area (Å²) in [5.41, 5.74) is 7.49. The number of fused-ring (bicyclic) bond motifs is 8. The summed E-state index contributed by atoms with van der Waals surface area (Å²) in [6, 6.07) is 0. The summed E-state index contributed by atoms with van der Waals surface area (Å²) >= 11 is 3.07. The molecular formula is C15H15N7OS2. The zero-order chi connectivity index (χ0) is 17.1. The second-order valence-corrected chi connectivity index (χ2v) is 8.43. The number of rotatable bonds is 3. The van der Waals surface area contributed by atoms with E-state index in [1.54, 1.807) is 22.2 Å². The number of aryl methyl sites for hydroxylation is 1. The number of nitrogens with zero attached hydrogens (tertiary/aromatic N) is 6. The third-order valence-electron chi connectivity index (χ3n) is 4.62. The maximum Gasteiger partial charge on any atom is 0.260 e. The molecule has 8 nitrogen and oxygen atoms in total. The second-order valence-electron chi connectivity index (χ2n) is 6.40. The highest BCUT2D eigenvalue weighted by Gasteiger charge is 2.26. The quantitative estimate of drug-likeness (QED) is 0.548. The molecule has 2 N–H and O–H groups in total. The Morgan fingerprint density at radius 3 is 3.20 bits per heavy atom. The molecule has 1 aliphatic rings. The van der Waals surface area contributed by atoms with E-state index in [0.717, 1.165) is 28.7 Å². The van der Waals surface area contributed by atoms with Crippen LogP contribution in [0.25, 0.3) is 21.6 Å². The van der Waals surface area contributed by atoms with E-state index in [0.29, 0.717) is 16.9 Å². The van der Waals surface area contributed by atoms with E-state index in [2.05, 4.69) is 27.2 Å². The first-order valence-electron chi connectivity index (χ1n) is 8.05. The molecule has 1 atom stereocenters. The van der Waals surface area contributed by atoms with Crippen molar-refractivity contribution >= 4 is 50.6 Å². The Morgan fingerprint density at radius 1 is 1.48 bits per heavy atom. The number of thioether (sulfide) groups is 1. The number of carbonyl (C=O) groups is 1. The van der Waals surface area contributed by atoms with Gasteiger partial charge >= 0.3 is 0 Å². The SMILES string of the molecule is C[C@H]1CCc2c(sc3c2c2ncnn2c2nnc(SCC(N)=O)n32)C1. The van der Waals surface area contributed by atoms with Crippen molar-refractivity contribution in [2.45, 2.75) is 31.3 Å². The molecule has 1 aliphatic carbocycles. The highest BCUT2D eigenvalue weighted by atomic mass is 32.2. The Hall–Kier alpha value is -2.20. The van der Waals surface area contributed by atoms with Gasteiger partial charge in [-0.05, 0) is 30.7 Å². The fourth-order valence-electron chi connectivity index (χ4n) is 3.49. The average molecular weight is 373 g/mol. The lowest BCUT2D eigenvalue weighted by molar-refractivity contribution is -0.115. The van der Waals surface area contributed by atoms with Gasteiger partial charge in [-0.1, -0.05) is 18.7 Å². The number of amides is 1. The minimum atomic E-state index is -0.376. The van der Waals surface area contributed by atoms with Gasteiger partial charge in [0.25, 0.3) is 5.78 Å². The predicted octanol–water partition coefficient (Wildman–Crippen LogP) is 1.69. The molecule has 25 heavy (non-hydrogen) atoms. The molecule has 4 aromatic heterocycles. The first-order chi connectivity index (χ1) is 12.1. The van der Waals surface area contributed by atoms with E-state index in [-0.39, 0.29) is 11.7 Å². The molecule has 4 aromatic rings. The Balaban J connectivity index is 1.86. The smallest absolute Gasteiger partial charge is 0.260 e. The molecule has 128 valence electrons. The van der Waals surface area contributed by atoms with E-state index in [4.69, 9.17) is 5.73 Å². The van der Waals surface area contributed by atoms with Crippen molar-refractivity contribution in [3.05, 3.63) is 16.8 Å². The fraction of sp³-hybridized carbons (Fsp3) is 0.400. The summed E-state index contributed by atoms with van der Waals surface area (Å²) in [6.07, 6.45) is 4.87. The molecule has 0 aliphatic heterocycles. The van der Waals surface area contributed by atoms with Crippen LogP contribution in [0.3, 0.4) is 0 Å². The van der Waals surface area contributed by atoms with Crippen molar-refractivity contribution in [1.82, 2.24) is 29.2 Å². The molecule has 4 heterocycles. The normalized spacial score (nSPS) is 17.6. The van der Waals surface area contributed by atoms with E-state index < -0.39 is 0 Å². The Bertz CT molecular complexity index is 1140. The van der Waals surface area contributed by atoms with Gasteiger partial charge < -0.3 is 5.73 Å². The molecule has 0 spiro atoms. The molecule has 1 amide bonds. The average Bonchev–Trinajstić information content (AvgIpc) is 3.27. The van der Waals surface area contributed by atoms with Crippen LogP contribution in [0.15, 0.2) is 11.5 Å². The molecule has 0 fully saturated rings. The first-order valence-corrected chi connectivity index (χ1v) is 9.86. The van der Waals surface area contributed by atoms with E-state index in [1.807, 2.05) is 4.40 Å². The summed E-state index contributed by atoms with van der Waals surface area (Å²) < 4.78 is 3.72. The largest absolute Gasteiger partial charge is 0.369 e. The summed E-state index contributed by atoms with van der Waals surface area (Å²) in [7, 11) is 0. The zero-order valence-electron chi connectivity index (χ0n) is 13.5.